The maximum absolute atomic E-state index is 12.8. The lowest BCUT2D eigenvalue weighted by Crippen LogP contribution is -2.46. The number of amides is 2. The first kappa shape index (κ1) is 21.9. The minimum Gasteiger partial charge on any atom is -0.507 e. The standard InChI is InChI=1S/C21H18F3N3O4/c22-21(23,24)13-4-3-5-14(10-13)25-20(31)17(12-28)26-19(30)16-11-15(6-7-18(16)29)27-8-1-2-9-27/h1-11,17,28-29H,12H2,(H,25,31)(H,26,30)/t17-/m0/s1. The minimum atomic E-state index is -4.59. The van der Waals surface area contributed by atoms with Crippen molar-refractivity contribution in [2.45, 2.75) is 12.2 Å². The fourth-order valence-corrected chi connectivity index (χ4v) is 2.81. The molecule has 0 aliphatic carbocycles. The molecule has 4 N–H and O–H groups in total. The Hall–Kier alpha value is -3.79. The number of aliphatic hydroxyl groups excluding tert-OH is 1. The molecule has 2 aromatic carbocycles. The molecule has 1 aromatic heterocycles. The largest absolute Gasteiger partial charge is 0.507 e. The number of rotatable bonds is 6. The molecule has 3 aromatic rings. The topological polar surface area (TPSA) is 104 Å². The van der Waals surface area contributed by atoms with Crippen molar-refractivity contribution in [2.24, 2.45) is 0 Å². The fraction of sp³-hybridized carbons (Fsp3) is 0.143. The number of carbonyl (C=O) groups excluding carboxylic acids is 2. The quantitative estimate of drug-likeness (QED) is 0.480. The van der Waals surface area contributed by atoms with Crippen LogP contribution < -0.4 is 10.6 Å². The van der Waals surface area contributed by atoms with Crippen LogP contribution in [0.25, 0.3) is 5.69 Å². The minimum absolute atomic E-state index is 0.142. The van der Waals surface area contributed by atoms with E-state index in [9.17, 15) is 33.0 Å². The van der Waals surface area contributed by atoms with Crippen molar-refractivity contribution in [3.05, 3.63) is 78.1 Å². The van der Waals surface area contributed by atoms with Gasteiger partial charge >= 0.3 is 6.18 Å². The number of hydrogen-bond donors (Lipinski definition) is 4. The van der Waals surface area contributed by atoms with Crippen LogP contribution in [0.1, 0.15) is 15.9 Å². The van der Waals surface area contributed by atoms with E-state index in [-0.39, 0.29) is 17.0 Å². The number of carbonyl (C=O) groups is 2. The van der Waals surface area contributed by atoms with Crippen LogP contribution in [0.2, 0.25) is 0 Å². The number of nitrogens with one attached hydrogen (secondary N) is 2. The van der Waals surface area contributed by atoms with Crippen LogP contribution in [-0.4, -0.2) is 39.2 Å². The number of aliphatic hydroxyl groups is 1. The molecule has 1 heterocycles. The Bertz CT molecular complexity index is 1080. The highest BCUT2D eigenvalue weighted by molar-refractivity contribution is 6.02. The van der Waals surface area contributed by atoms with Gasteiger partial charge in [-0.2, -0.15) is 13.2 Å². The van der Waals surface area contributed by atoms with E-state index in [1.165, 1.54) is 18.2 Å². The summed E-state index contributed by atoms with van der Waals surface area (Å²) < 4.78 is 40.2. The van der Waals surface area contributed by atoms with Crippen molar-refractivity contribution in [1.29, 1.82) is 0 Å². The van der Waals surface area contributed by atoms with Gasteiger partial charge in [0.25, 0.3) is 5.91 Å². The maximum Gasteiger partial charge on any atom is 0.416 e. The summed E-state index contributed by atoms with van der Waals surface area (Å²) in [7, 11) is 0. The molecule has 1 atom stereocenters. The average Bonchev–Trinajstić information content (AvgIpc) is 3.26. The van der Waals surface area contributed by atoms with Gasteiger partial charge in [0.1, 0.15) is 11.8 Å². The molecule has 0 fully saturated rings. The highest BCUT2D eigenvalue weighted by Gasteiger charge is 2.31. The Morgan fingerprint density at radius 3 is 2.39 bits per heavy atom. The van der Waals surface area contributed by atoms with Crippen molar-refractivity contribution in [3.63, 3.8) is 0 Å². The summed E-state index contributed by atoms with van der Waals surface area (Å²) in [5.41, 5.74) is -0.676. The summed E-state index contributed by atoms with van der Waals surface area (Å²) in [4.78, 5) is 25.0. The summed E-state index contributed by atoms with van der Waals surface area (Å²) in [6.45, 7) is -0.811. The summed E-state index contributed by atoms with van der Waals surface area (Å²) >= 11 is 0. The highest BCUT2D eigenvalue weighted by Crippen LogP contribution is 2.30. The van der Waals surface area contributed by atoms with Gasteiger partial charge in [-0.1, -0.05) is 6.07 Å². The molecule has 31 heavy (non-hydrogen) atoms. The van der Waals surface area contributed by atoms with Gasteiger partial charge in [-0.05, 0) is 48.5 Å². The van der Waals surface area contributed by atoms with Gasteiger partial charge in [0.15, 0.2) is 0 Å². The number of hydrogen-bond acceptors (Lipinski definition) is 4. The van der Waals surface area contributed by atoms with Crippen LogP contribution in [0.3, 0.4) is 0 Å². The summed E-state index contributed by atoms with van der Waals surface area (Å²) in [5.74, 6) is -2.11. The van der Waals surface area contributed by atoms with E-state index in [2.05, 4.69) is 10.6 Å². The van der Waals surface area contributed by atoms with Gasteiger partial charge in [0.2, 0.25) is 5.91 Å². The van der Waals surface area contributed by atoms with Crippen molar-refractivity contribution in [1.82, 2.24) is 9.88 Å². The molecule has 0 radical (unpaired) electrons. The lowest BCUT2D eigenvalue weighted by atomic mass is 10.1. The molecule has 7 nitrogen and oxygen atoms in total. The molecule has 10 heteroatoms. The van der Waals surface area contributed by atoms with E-state index in [0.717, 1.165) is 18.2 Å². The zero-order valence-corrected chi connectivity index (χ0v) is 15.9. The molecule has 0 aliphatic heterocycles. The normalized spacial score (nSPS) is 12.3. The van der Waals surface area contributed by atoms with Crippen LogP contribution in [0.15, 0.2) is 67.0 Å². The SMILES string of the molecule is O=C(N[C@@H](CO)C(=O)Nc1cccc(C(F)(F)F)c1)c1cc(-n2cccc2)ccc1O. The van der Waals surface area contributed by atoms with Crippen molar-refractivity contribution in [2.75, 3.05) is 11.9 Å². The lowest BCUT2D eigenvalue weighted by molar-refractivity contribution is -0.137. The molecule has 0 unspecified atom stereocenters. The summed E-state index contributed by atoms with van der Waals surface area (Å²) in [5, 5.41) is 24.0. The predicted molar refractivity (Wildman–Crippen MR) is 106 cm³/mol. The summed E-state index contributed by atoms with van der Waals surface area (Å²) in [6, 6.07) is 10.3. The third kappa shape index (κ3) is 5.23. The third-order valence-electron chi connectivity index (χ3n) is 4.39. The van der Waals surface area contributed by atoms with Crippen LogP contribution >= 0.6 is 0 Å². The van der Waals surface area contributed by atoms with Crippen molar-refractivity contribution < 1.29 is 33.0 Å². The van der Waals surface area contributed by atoms with Crippen molar-refractivity contribution in [3.8, 4) is 11.4 Å². The van der Waals surface area contributed by atoms with Gasteiger partial charge in [0, 0.05) is 23.8 Å². The van der Waals surface area contributed by atoms with Gasteiger partial charge in [-0.15, -0.1) is 0 Å². The zero-order chi connectivity index (χ0) is 22.6. The van der Waals surface area contributed by atoms with E-state index >= 15 is 0 Å². The predicted octanol–water partition coefficient (Wildman–Crippen LogP) is 2.93. The zero-order valence-electron chi connectivity index (χ0n) is 15.9. The van der Waals surface area contributed by atoms with Crippen LogP contribution in [0.4, 0.5) is 18.9 Å². The smallest absolute Gasteiger partial charge is 0.416 e. The number of benzene rings is 2. The number of phenols is 1. The Labute approximate surface area is 174 Å². The first-order valence-electron chi connectivity index (χ1n) is 9.05. The van der Waals surface area contributed by atoms with Crippen LogP contribution in [0, 0.1) is 0 Å². The van der Waals surface area contributed by atoms with Crippen LogP contribution in [0.5, 0.6) is 5.75 Å². The van der Waals surface area contributed by atoms with E-state index in [0.29, 0.717) is 5.69 Å². The molecular formula is C21H18F3N3O4. The lowest BCUT2D eigenvalue weighted by Gasteiger charge is -2.17. The number of anilines is 1. The van der Waals surface area contributed by atoms with Crippen LogP contribution in [-0.2, 0) is 11.0 Å². The molecule has 3 rings (SSSR count). The highest BCUT2D eigenvalue weighted by atomic mass is 19.4. The van der Waals surface area contributed by atoms with Gasteiger partial charge in [-0.3, -0.25) is 9.59 Å². The molecule has 0 spiro atoms. The third-order valence-corrected chi connectivity index (χ3v) is 4.39. The first-order valence-corrected chi connectivity index (χ1v) is 9.05. The molecular weight excluding hydrogens is 415 g/mol. The Kier molecular flexibility index (Phi) is 6.30. The maximum atomic E-state index is 12.8. The molecule has 0 saturated carbocycles. The molecule has 162 valence electrons. The molecule has 2 amide bonds. The Morgan fingerprint density at radius 1 is 1.03 bits per heavy atom. The first-order chi connectivity index (χ1) is 14.7. The van der Waals surface area contributed by atoms with E-state index in [1.54, 1.807) is 35.2 Å². The number of aromatic hydroxyl groups is 1. The number of aromatic nitrogens is 1. The number of nitrogens with zero attached hydrogens (tertiary/aromatic N) is 1. The fourth-order valence-electron chi connectivity index (χ4n) is 2.81. The van der Waals surface area contributed by atoms with E-state index in [4.69, 9.17) is 0 Å². The summed E-state index contributed by atoms with van der Waals surface area (Å²) in [6.07, 6.45) is -1.13. The van der Waals surface area contributed by atoms with E-state index < -0.39 is 36.2 Å². The number of phenolic OH excluding ortho intramolecular Hbond substituents is 1. The molecule has 0 bridgehead atoms. The Balaban J connectivity index is 1.74. The number of halogens is 3. The van der Waals surface area contributed by atoms with Crippen molar-refractivity contribution >= 4 is 17.5 Å². The molecule has 0 saturated heterocycles. The Morgan fingerprint density at radius 2 is 1.74 bits per heavy atom. The second-order valence-corrected chi connectivity index (χ2v) is 6.57. The second kappa shape index (κ2) is 8.92. The van der Waals surface area contributed by atoms with E-state index in [1.807, 2.05) is 0 Å². The second-order valence-electron chi connectivity index (χ2n) is 6.57. The molecule has 0 aliphatic rings. The van der Waals surface area contributed by atoms with Gasteiger partial charge in [0.05, 0.1) is 17.7 Å². The number of alkyl halides is 3. The average molecular weight is 433 g/mol. The monoisotopic (exact) mass is 433 g/mol. The van der Waals surface area contributed by atoms with Gasteiger partial charge in [-0.25, -0.2) is 0 Å². The van der Waals surface area contributed by atoms with Gasteiger partial charge < -0.3 is 25.4 Å².